The van der Waals surface area contributed by atoms with Crippen LogP contribution in [-0.2, 0) is 15.9 Å². The minimum absolute atomic E-state index is 0.0960. The molecule has 1 aliphatic carbocycles. The number of amidine groups is 1. The van der Waals surface area contributed by atoms with Gasteiger partial charge in [0.25, 0.3) is 0 Å². The third-order valence-corrected chi connectivity index (χ3v) is 4.08. The van der Waals surface area contributed by atoms with Crippen LogP contribution in [0.25, 0.3) is 0 Å². The third-order valence-electron chi connectivity index (χ3n) is 3.88. The van der Waals surface area contributed by atoms with Crippen LogP contribution in [0, 0.1) is 5.92 Å². The molecule has 1 heterocycles. The van der Waals surface area contributed by atoms with Crippen molar-refractivity contribution >= 4 is 28.9 Å². The summed E-state index contributed by atoms with van der Waals surface area (Å²) in [6, 6.07) is 10.3. The van der Waals surface area contributed by atoms with Crippen molar-refractivity contribution in [3.8, 4) is 0 Å². The number of nitrogens with zero attached hydrogens (tertiary/aromatic N) is 2. The summed E-state index contributed by atoms with van der Waals surface area (Å²) in [6.07, 6.45) is 4.68. The van der Waals surface area contributed by atoms with Crippen molar-refractivity contribution < 1.29 is 9.47 Å². The maximum atomic E-state index is 5.39. The maximum Gasteiger partial charge on any atom is 0.198 e. The van der Waals surface area contributed by atoms with Crippen molar-refractivity contribution in [3.63, 3.8) is 0 Å². The number of hydrogen-bond donors (Lipinski definition) is 1. The van der Waals surface area contributed by atoms with Gasteiger partial charge in [-0.1, -0.05) is 30.3 Å². The highest BCUT2D eigenvalue weighted by molar-refractivity contribution is 7.80. The van der Waals surface area contributed by atoms with Gasteiger partial charge in [-0.2, -0.15) is 0 Å². The second-order valence-electron chi connectivity index (χ2n) is 5.39. The molecule has 3 rings (SSSR count). The van der Waals surface area contributed by atoms with E-state index in [0.29, 0.717) is 23.2 Å². The van der Waals surface area contributed by atoms with Gasteiger partial charge in [-0.3, -0.25) is 4.99 Å². The van der Waals surface area contributed by atoms with E-state index >= 15 is 0 Å². The Hall–Kier alpha value is -2.47. The summed E-state index contributed by atoms with van der Waals surface area (Å²) in [6.45, 7) is 0.676. The number of ether oxygens (including phenoxy) is 2. The molecule has 1 aliphatic heterocycles. The zero-order valence-corrected chi connectivity index (χ0v) is 14.5. The van der Waals surface area contributed by atoms with E-state index in [2.05, 4.69) is 22.4 Å². The molecule has 1 aromatic carbocycles. The lowest BCUT2D eigenvalue weighted by Gasteiger charge is -2.27. The smallest absolute Gasteiger partial charge is 0.198 e. The monoisotopic (exact) mass is 341 g/mol. The summed E-state index contributed by atoms with van der Waals surface area (Å²) in [4.78, 5) is 9.09. The molecule has 0 aromatic heterocycles. The molecule has 1 aromatic rings. The second-order valence-corrected chi connectivity index (χ2v) is 5.78. The fourth-order valence-electron chi connectivity index (χ4n) is 2.68. The molecule has 5 nitrogen and oxygen atoms in total. The van der Waals surface area contributed by atoms with Crippen LogP contribution >= 0.6 is 12.2 Å². The number of nitrogens with one attached hydrogen (secondary N) is 1. The molecule has 124 valence electrons. The van der Waals surface area contributed by atoms with Crippen molar-refractivity contribution in [2.24, 2.45) is 15.9 Å². The van der Waals surface area contributed by atoms with Gasteiger partial charge in [0.15, 0.2) is 16.6 Å². The molecule has 1 unspecified atom stereocenters. The summed E-state index contributed by atoms with van der Waals surface area (Å²) in [5, 5.41) is 3.52. The lowest BCUT2D eigenvalue weighted by molar-refractivity contribution is 0.218. The highest BCUT2D eigenvalue weighted by Crippen LogP contribution is 2.25. The Morgan fingerprint density at radius 2 is 1.92 bits per heavy atom. The van der Waals surface area contributed by atoms with E-state index < -0.39 is 0 Å². The van der Waals surface area contributed by atoms with Gasteiger partial charge < -0.3 is 14.8 Å². The van der Waals surface area contributed by atoms with Crippen LogP contribution in [0.3, 0.4) is 0 Å². The van der Waals surface area contributed by atoms with Crippen LogP contribution in [0.15, 0.2) is 64.0 Å². The normalized spacial score (nSPS) is 21.2. The van der Waals surface area contributed by atoms with E-state index in [1.165, 1.54) is 5.56 Å². The first-order valence-corrected chi connectivity index (χ1v) is 8.12. The molecule has 6 heteroatoms. The number of methoxy groups -OCH3 is 2. The van der Waals surface area contributed by atoms with Crippen molar-refractivity contribution in [3.05, 3.63) is 59.6 Å². The molecular formula is C18H19N3O2S. The van der Waals surface area contributed by atoms with E-state index in [1.54, 1.807) is 14.2 Å². The predicted molar refractivity (Wildman–Crippen MR) is 99.3 cm³/mol. The van der Waals surface area contributed by atoms with E-state index in [1.807, 2.05) is 30.4 Å². The minimum atomic E-state index is -0.0960. The first kappa shape index (κ1) is 16.4. The fourth-order valence-corrected chi connectivity index (χ4v) is 2.89. The Morgan fingerprint density at radius 1 is 1.17 bits per heavy atom. The van der Waals surface area contributed by atoms with Gasteiger partial charge in [0.2, 0.25) is 0 Å². The molecule has 0 radical (unpaired) electrons. The molecule has 24 heavy (non-hydrogen) atoms. The summed E-state index contributed by atoms with van der Waals surface area (Å²) in [5.74, 6) is 2.01. The van der Waals surface area contributed by atoms with Crippen LogP contribution < -0.4 is 5.32 Å². The van der Waals surface area contributed by atoms with E-state index in [4.69, 9.17) is 26.7 Å². The van der Waals surface area contributed by atoms with Crippen molar-refractivity contribution in [2.45, 2.75) is 6.42 Å². The highest BCUT2D eigenvalue weighted by Gasteiger charge is 2.30. The molecule has 1 N–H and O–H groups in total. The Labute approximate surface area is 146 Å². The quantitative estimate of drug-likeness (QED) is 0.837. The predicted octanol–water partition coefficient (Wildman–Crippen LogP) is 2.65. The lowest BCUT2D eigenvalue weighted by atomic mass is 9.94. The van der Waals surface area contributed by atoms with Gasteiger partial charge >= 0.3 is 0 Å². The average molecular weight is 341 g/mol. The molecule has 0 saturated heterocycles. The van der Waals surface area contributed by atoms with Gasteiger partial charge in [-0.05, 0) is 30.3 Å². The SMILES string of the molecule is COC1=CC2=NC(=S)NC(=NCCc3ccccc3)C2C=C1OC. The zero-order valence-electron chi connectivity index (χ0n) is 13.7. The molecule has 0 saturated carbocycles. The van der Waals surface area contributed by atoms with Crippen molar-refractivity contribution in [1.82, 2.24) is 5.32 Å². The van der Waals surface area contributed by atoms with Crippen LogP contribution in [0.5, 0.6) is 0 Å². The topological polar surface area (TPSA) is 55.2 Å². The molecule has 2 aliphatic rings. The number of allylic oxidation sites excluding steroid dienone is 1. The summed E-state index contributed by atoms with van der Waals surface area (Å²) in [5.41, 5.74) is 2.07. The average Bonchev–Trinajstić information content (AvgIpc) is 2.61. The first-order chi connectivity index (χ1) is 11.7. The van der Waals surface area contributed by atoms with E-state index in [9.17, 15) is 0 Å². The number of aliphatic imine (C=N–C) groups is 2. The zero-order chi connectivity index (χ0) is 16.9. The summed E-state index contributed by atoms with van der Waals surface area (Å²) < 4.78 is 10.7. The van der Waals surface area contributed by atoms with E-state index in [0.717, 1.165) is 18.0 Å². The van der Waals surface area contributed by atoms with Crippen LogP contribution in [0.4, 0.5) is 0 Å². The standard InChI is InChI=1S/C18H19N3O2S/c1-22-15-10-13-14(11-16(15)23-2)20-18(24)21-17(13)19-9-8-12-6-4-3-5-7-12/h3-7,10-11,13H,8-9H2,1-2H3,(H,19,21,24). The van der Waals surface area contributed by atoms with Crippen LogP contribution in [0.1, 0.15) is 5.56 Å². The van der Waals surface area contributed by atoms with Gasteiger partial charge in [0.1, 0.15) is 5.84 Å². The molecule has 0 spiro atoms. The van der Waals surface area contributed by atoms with Crippen LogP contribution in [-0.4, -0.2) is 37.4 Å². The Balaban J connectivity index is 1.80. The van der Waals surface area contributed by atoms with Gasteiger partial charge in [-0.15, -0.1) is 0 Å². The molecule has 0 fully saturated rings. The Kier molecular flexibility index (Phi) is 5.05. The summed E-state index contributed by atoms with van der Waals surface area (Å²) >= 11 is 5.23. The number of rotatable bonds is 5. The van der Waals surface area contributed by atoms with Crippen molar-refractivity contribution in [1.29, 1.82) is 0 Å². The molecule has 0 amide bonds. The van der Waals surface area contributed by atoms with Gasteiger partial charge in [0.05, 0.1) is 25.8 Å². The Bertz CT molecular complexity index is 751. The largest absolute Gasteiger partial charge is 0.493 e. The number of fused-ring (bicyclic) bond motifs is 1. The van der Waals surface area contributed by atoms with Crippen LogP contribution in [0.2, 0.25) is 0 Å². The number of benzene rings is 1. The summed E-state index contributed by atoms with van der Waals surface area (Å²) in [7, 11) is 3.22. The number of hydrogen-bond acceptors (Lipinski definition) is 4. The second kappa shape index (κ2) is 7.40. The molecule has 0 bridgehead atoms. The molecule has 1 atom stereocenters. The van der Waals surface area contributed by atoms with Gasteiger partial charge in [0, 0.05) is 12.6 Å². The van der Waals surface area contributed by atoms with Gasteiger partial charge in [-0.25, -0.2) is 4.99 Å². The first-order valence-electron chi connectivity index (χ1n) is 7.71. The highest BCUT2D eigenvalue weighted by atomic mass is 32.1. The minimum Gasteiger partial charge on any atom is -0.493 e. The molecular weight excluding hydrogens is 322 g/mol. The lowest BCUT2D eigenvalue weighted by Crippen LogP contribution is -2.43. The maximum absolute atomic E-state index is 5.39. The van der Waals surface area contributed by atoms with E-state index in [-0.39, 0.29) is 5.92 Å². The fraction of sp³-hybridized carbons (Fsp3) is 0.278. The van der Waals surface area contributed by atoms with Crippen molar-refractivity contribution in [2.75, 3.05) is 20.8 Å². The number of thiocarbonyl (C=S) groups is 1. The third kappa shape index (κ3) is 3.54. The Morgan fingerprint density at radius 3 is 2.62 bits per heavy atom.